The number of aliphatic carboxylic acids is 2. The summed E-state index contributed by atoms with van der Waals surface area (Å²) in [5.74, 6) is -0.993. The van der Waals surface area contributed by atoms with Crippen molar-refractivity contribution in [3.8, 4) is 0 Å². The lowest BCUT2D eigenvalue weighted by Crippen LogP contribution is -2.27. The number of rotatable bonds is 6. The maximum absolute atomic E-state index is 10.4. The monoisotopic (exact) mass is 316 g/mol. The van der Waals surface area contributed by atoms with Crippen molar-refractivity contribution in [2.45, 2.75) is 39.5 Å². The Hall–Kier alpha value is -1.66. The van der Waals surface area contributed by atoms with Crippen molar-refractivity contribution >= 4 is 11.9 Å². The van der Waals surface area contributed by atoms with E-state index in [1.165, 1.54) is 6.92 Å². The van der Waals surface area contributed by atoms with E-state index in [9.17, 15) is 9.59 Å². The van der Waals surface area contributed by atoms with Gasteiger partial charge in [0.2, 0.25) is 0 Å². The van der Waals surface area contributed by atoms with Crippen LogP contribution in [0.15, 0.2) is 24.3 Å². The molecule has 1 saturated carbocycles. The van der Waals surface area contributed by atoms with Crippen LogP contribution in [0.5, 0.6) is 0 Å². The van der Waals surface area contributed by atoms with Crippen molar-refractivity contribution in [2.24, 2.45) is 11.8 Å². The minimum absolute atomic E-state index is 0.176. The van der Waals surface area contributed by atoms with Gasteiger partial charge in [-0.1, -0.05) is 20.1 Å². The van der Waals surface area contributed by atoms with Crippen LogP contribution in [-0.4, -0.2) is 45.6 Å². The summed E-state index contributed by atoms with van der Waals surface area (Å²) >= 11 is 0. The fourth-order valence-corrected chi connectivity index (χ4v) is 1.57. The average Bonchev–Trinajstić information content (AvgIpc) is 2.44. The molecule has 0 aromatic carbocycles. The summed E-state index contributed by atoms with van der Waals surface area (Å²) < 4.78 is 0. The summed E-state index contributed by atoms with van der Waals surface area (Å²) in [6, 6.07) is 0. The Bertz CT molecular complexity index is 359. The zero-order chi connectivity index (χ0) is 17.7. The predicted octanol–water partition coefficient (Wildman–Crippen LogP) is 2.07. The molecule has 1 aliphatic carbocycles. The number of carbonyl (C=O) groups is 2. The van der Waals surface area contributed by atoms with E-state index in [1.54, 1.807) is 0 Å². The van der Waals surface area contributed by atoms with Crippen LogP contribution in [0.3, 0.4) is 0 Å². The first-order valence-corrected chi connectivity index (χ1v) is 7.21. The zero-order valence-corrected chi connectivity index (χ0v) is 13.4. The Morgan fingerprint density at radius 2 is 1.41 bits per heavy atom. The first kappa shape index (κ1) is 22.6. The van der Waals surface area contributed by atoms with E-state index in [-0.39, 0.29) is 24.7 Å². The molecule has 0 radical (unpaired) electrons. The van der Waals surface area contributed by atoms with Crippen LogP contribution >= 0.6 is 0 Å². The molecule has 0 aromatic rings. The van der Waals surface area contributed by atoms with E-state index < -0.39 is 11.9 Å². The highest BCUT2D eigenvalue weighted by molar-refractivity contribution is 5.86. The summed E-state index contributed by atoms with van der Waals surface area (Å²) in [5, 5.41) is 32.6. The average molecular weight is 316 g/mol. The van der Waals surface area contributed by atoms with Crippen LogP contribution in [-0.2, 0) is 9.59 Å². The fraction of sp³-hybridized carbons (Fsp3) is 0.625. The highest BCUT2D eigenvalue weighted by Gasteiger charge is 2.31. The molecule has 0 spiro atoms. The molecular formula is C16H28O6. The van der Waals surface area contributed by atoms with Crippen molar-refractivity contribution in [2.75, 3.05) is 13.2 Å². The first-order valence-electron chi connectivity index (χ1n) is 7.21. The van der Waals surface area contributed by atoms with Crippen molar-refractivity contribution in [1.29, 1.82) is 0 Å². The summed E-state index contributed by atoms with van der Waals surface area (Å²) in [6.07, 6.45) is 3.59. The molecule has 4 N–H and O–H groups in total. The van der Waals surface area contributed by atoms with Gasteiger partial charge in [-0.05, 0) is 44.4 Å². The van der Waals surface area contributed by atoms with Gasteiger partial charge in [-0.25, -0.2) is 9.59 Å². The van der Waals surface area contributed by atoms with Gasteiger partial charge >= 0.3 is 11.9 Å². The molecule has 6 nitrogen and oxygen atoms in total. The largest absolute Gasteiger partial charge is 0.478 e. The third kappa shape index (κ3) is 11.0. The topological polar surface area (TPSA) is 115 Å². The molecule has 1 rings (SSSR count). The molecule has 0 saturated heterocycles. The predicted molar refractivity (Wildman–Crippen MR) is 84.5 cm³/mol. The molecule has 2 atom stereocenters. The van der Waals surface area contributed by atoms with Gasteiger partial charge < -0.3 is 20.4 Å². The van der Waals surface area contributed by atoms with E-state index in [0.29, 0.717) is 11.5 Å². The van der Waals surface area contributed by atoms with Crippen LogP contribution in [0.1, 0.15) is 39.5 Å². The van der Waals surface area contributed by atoms with Crippen LogP contribution < -0.4 is 0 Å². The molecule has 128 valence electrons. The maximum Gasteiger partial charge on any atom is 0.331 e. The van der Waals surface area contributed by atoms with Crippen molar-refractivity contribution in [3.05, 3.63) is 24.3 Å². The summed E-state index contributed by atoms with van der Waals surface area (Å²) in [4.78, 5) is 20.0. The molecule has 0 aliphatic heterocycles. The van der Waals surface area contributed by atoms with Crippen LogP contribution in [0.4, 0.5) is 0 Å². The summed E-state index contributed by atoms with van der Waals surface area (Å²) in [5.41, 5.74) is 0.564. The Labute approximate surface area is 131 Å². The number of aliphatic hydroxyl groups excluding tert-OH is 2. The maximum atomic E-state index is 10.4. The van der Waals surface area contributed by atoms with Gasteiger partial charge in [0.1, 0.15) is 0 Å². The van der Waals surface area contributed by atoms with Gasteiger partial charge in [-0.3, -0.25) is 0 Å². The number of unbranched alkanes of at least 4 members (excludes halogenated alkanes) is 1. The molecular weight excluding hydrogens is 288 g/mol. The lowest BCUT2D eigenvalue weighted by Gasteiger charge is -2.33. The normalized spacial score (nSPS) is 18.5. The number of aliphatic hydroxyl groups is 2. The minimum atomic E-state index is -0.935. The SMILES string of the molecule is C=C(C(=O)O)C1CCC1C.C=C(C)C(=O)O.OCCCCO. The standard InChI is InChI=1S/C8H12O2.C4H6O2.C4H10O2/c1-5-3-4-7(5)6(2)8(9)10;1-3(2)4(5)6;5-3-1-2-4-6/h5,7H,2-4H2,1H3,(H,9,10);1H2,2H3,(H,5,6);5-6H,1-4H2. The van der Waals surface area contributed by atoms with E-state index in [0.717, 1.165) is 25.7 Å². The van der Waals surface area contributed by atoms with Crippen LogP contribution in [0, 0.1) is 11.8 Å². The molecule has 0 aromatic heterocycles. The fourth-order valence-electron chi connectivity index (χ4n) is 1.57. The Morgan fingerprint density at radius 1 is 1.00 bits per heavy atom. The molecule has 1 fully saturated rings. The lowest BCUT2D eigenvalue weighted by molar-refractivity contribution is -0.134. The Morgan fingerprint density at radius 3 is 1.50 bits per heavy atom. The molecule has 22 heavy (non-hydrogen) atoms. The summed E-state index contributed by atoms with van der Waals surface area (Å²) in [6.45, 7) is 10.6. The molecule has 0 heterocycles. The van der Waals surface area contributed by atoms with Gasteiger partial charge in [-0.2, -0.15) is 0 Å². The minimum Gasteiger partial charge on any atom is -0.478 e. The van der Waals surface area contributed by atoms with E-state index in [4.69, 9.17) is 20.4 Å². The Kier molecular flexibility index (Phi) is 13.4. The Balaban J connectivity index is 0. The number of hydrogen-bond acceptors (Lipinski definition) is 4. The van der Waals surface area contributed by atoms with Gasteiger partial charge in [0.15, 0.2) is 0 Å². The second-order valence-electron chi connectivity index (χ2n) is 5.23. The van der Waals surface area contributed by atoms with E-state index in [1.807, 2.05) is 0 Å². The number of hydrogen-bond donors (Lipinski definition) is 4. The first-order chi connectivity index (χ1) is 10.2. The smallest absolute Gasteiger partial charge is 0.331 e. The second-order valence-corrected chi connectivity index (χ2v) is 5.23. The quantitative estimate of drug-likeness (QED) is 0.440. The third-order valence-corrected chi connectivity index (χ3v) is 3.27. The van der Waals surface area contributed by atoms with Crippen molar-refractivity contribution in [3.63, 3.8) is 0 Å². The molecule has 6 heteroatoms. The van der Waals surface area contributed by atoms with E-state index >= 15 is 0 Å². The second kappa shape index (κ2) is 13.0. The molecule has 1 aliphatic rings. The van der Waals surface area contributed by atoms with Gasteiger partial charge in [0, 0.05) is 24.4 Å². The third-order valence-electron chi connectivity index (χ3n) is 3.27. The highest BCUT2D eigenvalue weighted by Crippen LogP contribution is 2.38. The van der Waals surface area contributed by atoms with E-state index in [2.05, 4.69) is 20.1 Å². The van der Waals surface area contributed by atoms with Crippen LogP contribution in [0.25, 0.3) is 0 Å². The highest BCUT2D eigenvalue weighted by atomic mass is 16.4. The molecule has 0 amide bonds. The molecule has 2 unspecified atom stereocenters. The van der Waals surface area contributed by atoms with Crippen molar-refractivity contribution < 1.29 is 30.0 Å². The lowest BCUT2D eigenvalue weighted by atomic mass is 9.71. The van der Waals surface area contributed by atoms with Gasteiger partial charge in [0.25, 0.3) is 0 Å². The number of carboxylic acids is 2. The number of carboxylic acid groups (broad SMARTS) is 2. The van der Waals surface area contributed by atoms with Crippen molar-refractivity contribution in [1.82, 2.24) is 0 Å². The zero-order valence-electron chi connectivity index (χ0n) is 13.4. The van der Waals surface area contributed by atoms with Crippen LogP contribution in [0.2, 0.25) is 0 Å². The van der Waals surface area contributed by atoms with Gasteiger partial charge in [-0.15, -0.1) is 0 Å². The molecule has 0 bridgehead atoms. The van der Waals surface area contributed by atoms with Gasteiger partial charge in [0.05, 0.1) is 0 Å². The summed E-state index contributed by atoms with van der Waals surface area (Å²) in [7, 11) is 0.